The summed E-state index contributed by atoms with van der Waals surface area (Å²) in [6.07, 6.45) is 0.598. The number of nitrogens with one attached hydrogen (secondary N) is 1. The van der Waals surface area contributed by atoms with Crippen LogP contribution < -0.4 is 5.32 Å². The number of hydrogen-bond donors (Lipinski definition) is 2. The lowest BCUT2D eigenvalue weighted by atomic mass is 9.80. The van der Waals surface area contributed by atoms with E-state index in [9.17, 15) is 9.59 Å². The molecule has 1 fully saturated rings. The van der Waals surface area contributed by atoms with Gasteiger partial charge < -0.3 is 14.8 Å². The van der Waals surface area contributed by atoms with E-state index < -0.39 is 20.2 Å². The van der Waals surface area contributed by atoms with E-state index in [1.165, 1.54) is 0 Å². The highest BCUT2D eigenvalue weighted by Crippen LogP contribution is 2.37. The standard InChI is InChI=1S/C14H27NO4Si/c1-9(13(17)18)11-10(12(16)15-11)7-8-19-20(5,6)14(2,3)4/h9-11H,7-8H2,1-6H3,(H,15,16)(H,17,18)/t9?,10-,11-/m0/s1. The fourth-order valence-electron chi connectivity index (χ4n) is 2.03. The van der Waals surface area contributed by atoms with Gasteiger partial charge in [-0.15, -0.1) is 0 Å². The minimum absolute atomic E-state index is 0.0538. The van der Waals surface area contributed by atoms with Crippen molar-refractivity contribution in [3.05, 3.63) is 0 Å². The lowest BCUT2D eigenvalue weighted by molar-refractivity contribution is -0.148. The van der Waals surface area contributed by atoms with Crippen LogP contribution in [-0.4, -0.2) is 37.9 Å². The average molecular weight is 301 g/mol. The Morgan fingerprint density at radius 3 is 2.40 bits per heavy atom. The van der Waals surface area contributed by atoms with Gasteiger partial charge in [-0.25, -0.2) is 0 Å². The van der Waals surface area contributed by atoms with Gasteiger partial charge in [0.15, 0.2) is 8.32 Å². The Morgan fingerprint density at radius 2 is 2.00 bits per heavy atom. The van der Waals surface area contributed by atoms with Crippen molar-refractivity contribution in [2.24, 2.45) is 11.8 Å². The summed E-state index contributed by atoms with van der Waals surface area (Å²) in [7, 11) is -1.80. The molecule has 0 saturated carbocycles. The summed E-state index contributed by atoms with van der Waals surface area (Å²) in [6.45, 7) is 13.0. The van der Waals surface area contributed by atoms with E-state index in [1.54, 1.807) is 6.92 Å². The molecular formula is C14H27NO4Si. The van der Waals surface area contributed by atoms with Gasteiger partial charge in [-0.2, -0.15) is 0 Å². The van der Waals surface area contributed by atoms with Crippen LogP contribution in [0, 0.1) is 11.8 Å². The molecule has 1 rings (SSSR count). The van der Waals surface area contributed by atoms with Crippen molar-refractivity contribution in [3.8, 4) is 0 Å². The molecule has 1 aliphatic heterocycles. The van der Waals surface area contributed by atoms with Crippen molar-refractivity contribution in [2.45, 2.75) is 58.3 Å². The summed E-state index contributed by atoms with van der Waals surface area (Å²) in [5, 5.41) is 11.8. The molecule has 1 aliphatic rings. The summed E-state index contributed by atoms with van der Waals surface area (Å²) in [6, 6.07) is -0.261. The van der Waals surface area contributed by atoms with Crippen molar-refractivity contribution >= 4 is 20.2 Å². The maximum absolute atomic E-state index is 11.6. The Morgan fingerprint density at radius 1 is 1.45 bits per heavy atom. The number of β-lactam (4-membered cyclic amide) rings is 1. The molecular weight excluding hydrogens is 274 g/mol. The number of carboxylic acid groups (broad SMARTS) is 1. The van der Waals surface area contributed by atoms with Crippen LogP contribution in [0.4, 0.5) is 0 Å². The predicted octanol–water partition coefficient (Wildman–Crippen LogP) is 2.23. The van der Waals surface area contributed by atoms with Crippen LogP contribution in [0.5, 0.6) is 0 Å². The fourth-order valence-corrected chi connectivity index (χ4v) is 3.10. The number of aliphatic carboxylic acids is 1. The SMILES string of the molecule is CC(C(=O)O)[C@@H]1NC(=O)[C@H]1CCO[Si](C)(C)C(C)(C)C. The molecule has 1 saturated heterocycles. The van der Waals surface area contributed by atoms with E-state index in [-0.39, 0.29) is 22.9 Å². The first-order chi connectivity index (χ1) is 8.97. The smallest absolute Gasteiger partial charge is 0.308 e. The van der Waals surface area contributed by atoms with Crippen molar-refractivity contribution in [1.82, 2.24) is 5.32 Å². The normalized spacial score (nSPS) is 24.8. The Hall–Kier alpha value is -0.883. The van der Waals surface area contributed by atoms with Crippen LogP contribution in [0.25, 0.3) is 0 Å². The molecule has 5 nitrogen and oxygen atoms in total. The lowest BCUT2D eigenvalue weighted by Gasteiger charge is -2.41. The minimum atomic E-state index is -1.80. The molecule has 0 aromatic heterocycles. The molecule has 1 amide bonds. The average Bonchev–Trinajstić information content (AvgIpc) is 2.28. The zero-order valence-electron chi connectivity index (χ0n) is 13.3. The van der Waals surface area contributed by atoms with Gasteiger partial charge >= 0.3 is 5.97 Å². The van der Waals surface area contributed by atoms with Crippen LogP contribution in [0.1, 0.15) is 34.1 Å². The van der Waals surface area contributed by atoms with E-state index >= 15 is 0 Å². The van der Waals surface area contributed by atoms with E-state index in [4.69, 9.17) is 9.53 Å². The molecule has 2 N–H and O–H groups in total. The predicted molar refractivity (Wildman–Crippen MR) is 80.0 cm³/mol. The molecule has 1 unspecified atom stereocenters. The Bertz CT molecular complexity index is 389. The van der Waals surface area contributed by atoms with Gasteiger partial charge in [0.25, 0.3) is 0 Å². The van der Waals surface area contributed by atoms with Crippen LogP contribution in [0.3, 0.4) is 0 Å². The number of carbonyl (C=O) groups excluding carboxylic acids is 1. The first kappa shape index (κ1) is 17.2. The molecule has 0 aliphatic carbocycles. The summed E-state index contributed by atoms with van der Waals surface area (Å²) < 4.78 is 6.05. The number of carboxylic acids is 1. The van der Waals surface area contributed by atoms with Gasteiger partial charge in [-0.3, -0.25) is 9.59 Å². The van der Waals surface area contributed by atoms with Gasteiger partial charge in [0.1, 0.15) is 0 Å². The first-order valence-corrected chi connectivity index (χ1v) is 10.1. The second-order valence-corrected chi connectivity index (χ2v) is 12.0. The number of amides is 1. The monoisotopic (exact) mass is 301 g/mol. The molecule has 20 heavy (non-hydrogen) atoms. The van der Waals surface area contributed by atoms with Crippen molar-refractivity contribution in [1.29, 1.82) is 0 Å². The fraction of sp³-hybridized carbons (Fsp3) is 0.857. The summed E-state index contributed by atoms with van der Waals surface area (Å²) in [5.74, 6) is -1.70. The molecule has 0 radical (unpaired) electrons. The summed E-state index contributed by atoms with van der Waals surface area (Å²) >= 11 is 0. The molecule has 6 heteroatoms. The van der Waals surface area contributed by atoms with Gasteiger partial charge in [0, 0.05) is 6.61 Å². The minimum Gasteiger partial charge on any atom is -0.481 e. The van der Waals surface area contributed by atoms with Crippen molar-refractivity contribution in [3.63, 3.8) is 0 Å². The maximum Gasteiger partial charge on any atom is 0.308 e. The molecule has 0 spiro atoms. The quantitative estimate of drug-likeness (QED) is 0.583. The highest BCUT2D eigenvalue weighted by atomic mass is 28.4. The third-order valence-electron chi connectivity index (χ3n) is 4.71. The number of rotatable bonds is 6. The molecule has 3 atom stereocenters. The molecule has 0 aromatic carbocycles. The van der Waals surface area contributed by atoms with Crippen LogP contribution >= 0.6 is 0 Å². The van der Waals surface area contributed by atoms with Crippen LogP contribution in [0.2, 0.25) is 18.1 Å². The topological polar surface area (TPSA) is 75.6 Å². The zero-order valence-corrected chi connectivity index (χ0v) is 14.3. The van der Waals surface area contributed by atoms with E-state index in [0.717, 1.165) is 0 Å². The van der Waals surface area contributed by atoms with E-state index in [0.29, 0.717) is 13.0 Å². The molecule has 116 valence electrons. The highest BCUT2D eigenvalue weighted by Gasteiger charge is 2.45. The largest absolute Gasteiger partial charge is 0.481 e. The molecule has 0 aromatic rings. The van der Waals surface area contributed by atoms with Crippen LogP contribution in [-0.2, 0) is 14.0 Å². The third kappa shape index (κ3) is 3.61. The summed E-state index contributed by atoms with van der Waals surface area (Å²) in [5.41, 5.74) is 0. The molecule has 0 bridgehead atoms. The zero-order chi connectivity index (χ0) is 15.7. The molecule has 1 heterocycles. The number of hydrogen-bond acceptors (Lipinski definition) is 3. The van der Waals surface area contributed by atoms with Gasteiger partial charge in [0.2, 0.25) is 5.91 Å². The second kappa shape index (κ2) is 5.85. The van der Waals surface area contributed by atoms with Crippen molar-refractivity contribution < 1.29 is 19.1 Å². The highest BCUT2D eigenvalue weighted by molar-refractivity contribution is 6.74. The third-order valence-corrected chi connectivity index (χ3v) is 9.24. The number of carbonyl (C=O) groups is 2. The Kier molecular flexibility index (Phi) is 5.02. The maximum atomic E-state index is 11.6. The Balaban J connectivity index is 2.49. The lowest BCUT2D eigenvalue weighted by Crippen LogP contribution is -2.62. The second-order valence-electron chi connectivity index (χ2n) is 7.17. The van der Waals surface area contributed by atoms with E-state index in [1.807, 2.05) is 0 Å². The van der Waals surface area contributed by atoms with Crippen LogP contribution in [0.15, 0.2) is 0 Å². The Labute approximate surface area is 122 Å². The van der Waals surface area contributed by atoms with Gasteiger partial charge in [-0.05, 0) is 31.5 Å². The van der Waals surface area contributed by atoms with Gasteiger partial charge in [0.05, 0.1) is 17.9 Å². The van der Waals surface area contributed by atoms with Crippen molar-refractivity contribution in [2.75, 3.05) is 6.61 Å². The van der Waals surface area contributed by atoms with Gasteiger partial charge in [-0.1, -0.05) is 20.8 Å². The summed E-state index contributed by atoms with van der Waals surface area (Å²) in [4.78, 5) is 22.5. The van der Waals surface area contributed by atoms with E-state index in [2.05, 4.69) is 39.2 Å². The first-order valence-electron chi connectivity index (χ1n) is 7.14.